The quantitative estimate of drug-likeness (QED) is 0.660. The Labute approximate surface area is 163 Å². The van der Waals surface area contributed by atoms with E-state index >= 15 is 0 Å². The molecule has 1 fully saturated rings. The van der Waals surface area contributed by atoms with Gasteiger partial charge in [0, 0.05) is 36.9 Å². The van der Waals surface area contributed by atoms with Crippen molar-refractivity contribution in [1.82, 2.24) is 19.7 Å². The van der Waals surface area contributed by atoms with Gasteiger partial charge >= 0.3 is 0 Å². The molecule has 1 aliphatic rings. The van der Waals surface area contributed by atoms with Gasteiger partial charge in [0.1, 0.15) is 0 Å². The molecule has 0 atom stereocenters. The van der Waals surface area contributed by atoms with Gasteiger partial charge in [-0.3, -0.25) is 9.78 Å². The van der Waals surface area contributed by atoms with Gasteiger partial charge < -0.3 is 4.90 Å². The summed E-state index contributed by atoms with van der Waals surface area (Å²) in [6, 6.07) is 9.72. The Morgan fingerprint density at radius 1 is 1.30 bits per heavy atom. The van der Waals surface area contributed by atoms with Gasteiger partial charge in [-0.15, -0.1) is 0 Å². The molecule has 2 aromatic heterocycles. The summed E-state index contributed by atoms with van der Waals surface area (Å²) >= 11 is 6.30. The number of benzene rings is 1. The fraction of sp³-hybridized carbons (Fsp3) is 0.286. The fourth-order valence-electron chi connectivity index (χ4n) is 3.23. The average Bonchev–Trinajstić information content (AvgIpc) is 3.42. The van der Waals surface area contributed by atoms with Gasteiger partial charge in [0.25, 0.3) is 5.91 Å². The van der Waals surface area contributed by atoms with Crippen LogP contribution in [0.1, 0.15) is 45.9 Å². The molecule has 0 radical (unpaired) electrons. The molecule has 3 aromatic rings. The standard InChI is InChI=1S/C21H21ClN4O/c1-14-5-8-17(10-19(14)22)26-20(16-6-7-16)18(12-24-26)21(27)25(2)13-15-4-3-9-23-11-15/h3-5,8-12,16H,6-7,13H2,1-2H3. The highest BCUT2D eigenvalue weighted by Gasteiger charge is 2.33. The Balaban J connectivity index is 1.66. The predicted octanol–water partition coefficient (Wildman–Crippen LogP) is 4.38. The van der Waals surface area contributed by atoms with Gasteiger partial charge in [-0.05, 0) is 49.1 Å². The van der Waals surface area contributed by atoms with E-state index in [1.54, 1.807) is 23.5 Å². The number of carbonyl (C=O) groups excluding carboxylic acids is 1. The molecule has 1 aromatic carbocycles. The molecule has 0 aliphatic heterocycles. The van der Waals surface area contributed by atoms with Crippen molar-refractivity contribution in [3.8, 4) is 5.69 Å². The van der Waals surface area contributed by atoms with Crippen molar-refractivity contribution in [2.24, 2.45) is 0 Å². The third-order valence-electron chi connectivity index (χ3n) is 4.89. The van der Waals surface area contributed by atoms with Crippen LogP contribution in [0.5, 0.6) is 0 Å². The summed E-state index contributed by atoms with van der Waals surface area (Å²) in [5, 5.41) is 5.23. The summed E-state index contributed by atoms with van der Waals surface area (Å²) in [6.07, 6.45) is 7.36. The van der Waals surface area contributed by atoms with E-state index in [0.29, 0.717) is 23.0 Å². The van der Waals surface area contributed by atoms with E-state index in [9.17, 15) is 4.79 Å². The van der Waals surface area contributed by atoms with Crippen LogP contribution in [-0.2, 0) is 6.54 Å². The highest BCUT2D eigenvalue weighted by Crippen LogP contribution is 2.43. The first-order valence-corrected chi connectivity index (χ1v) is 9.41. The zero-order chi connectivity index (χ0) is 19.0. The minimum absolute atomic E-state index is 0.0230. The van der Waals surface area contributed by atoms with Crippen molar-refractivity contribution >= 4 is 17.5 Å². The second-order valence-electron chi connectivity index (χ2n) is 7.09. The lowest BCUT2D eigenvalue weighted by Gasteiger charge is -2.17. The minimum Gasteiger partial charge on any atom is -0.337 e. The Morgan fingerprint density at radius 2 is 2.11 bits per heavy atom. The van der Waals surface area contributed by atoms with Crippen LogP contribution in [0.15, 0.2) is 48.9 Å². The molecule has 138 valence electrons. The molecule has 0 saturated heterocycles. The Hall–Kier alpha value is -2.66. The topological polar surface area (TPSA) is 51.0 Å². The second kappa shape index (κ2) is 7.16. The number of hydrogen-bond acceptors (Lipinski definition) is 3. The molecule has 1 aliphatic carbocycles. The SMILES string of the molecule is Cc1ccc(-n2ncc(C(=O)N(C)Cc3cccnc3)c2C2CC2)cc1Cl. The van der Waals surface area contributed by atoms with E-state index in [0.717, 1.165) is 35.3 Å². The van der Waals surface area contributed by atoms with Gasteiger partial charge in [-0.25, -0.2) is 4.68 Å². The lowest BCUT2D eigenvalue weighted by molar-refractivity contribution is 0.0784. The third-order valence-corrected chi connectivity index (χ3v) is 5.30. The number of aromatic nitrogens is 3. The maximum Gasteiger partial charge on any atom is 0.257 e. The Kier molecular flexibility index (Phi) is 4.70. The predicted molar refractivity (Wildman–Crippen MR) is 105 cm³/mol. The Bertz CT molecular complexity index is 979. The van der Waals surface area contributed by atoms with Crippen LogP contribution in [-0.4, -0.2) is 32.6 Å². The first-order valence-electron chi connectivity index (χ1n) is 9.03. The zero-order valence-electron chi connectivity index (χ0n) is 15.4. The number of rotatable bonds is 5. The third kappa shape index (κ3) is 3.60. The monoisotopic (exact) mass is 380 g/mol. The van der Waals surface area contributed by atoms with Crippen LogP contribution in [0.3, 0.4) is 0 Å². The van der Waals surface area contributed by atoms with Crippen molar-refractivity contribution in [1.29, 1.82) is 0 Å². The van der Waals surface area contributed by atoms with Crippen molar-refractivity contribution < 1.29 is 4.79 Å². The van der Waals surface area contributed by atoms with Crippen molar-refractivity contribution in [2.75, 3.05) is 7.05 Å². The van der Waals surface area contributed by atoms with Crippen molar-refractivity contribution in [3.05, 3.63) is 76.3 Å². The van der Waals surface area contributed by atoms with Gasteiger partial charge in [0.2, 0.25) is 0 Å². The fourth-order valence-corrected chi connectivity index (χ4v) is 3.41. The van der Waals surface area contributed by atoms with E-state index in [1.807, 2.05) is 49.0 Å². The van der Waals surface area contributed by atoms with Crippen LogP contribution >= 0.6 is 11.6 Å². The Morgan fingerprint density at radius 3 is 2.78 bits per heavy atom. The number of amides is 1. The molecule has 1 amide bonds. The van der Waals surface area contributed by atoms with Gasteiger partial charge in [0.15, 0.2) is 0 Å². The molecule has 0 N–H and O–H groups in total. The second-order valence-corrected chi connectivity index (χ2v) is 7.49. The molecule has 0 unspecified atom stereocenters. The maximum absolute atomic E-state index is 13.1. The van der Waals surface area contributed by atoms with Crippen LogP contribution in [0, 0.1) is 6.92 Å². The molecule has 0 bridgehead atoms. The molecule has 2 heterocycles. The first-order chi connectivity index (χ1) is 13.0. The molecule has 1 saturated carbocycles. The highest BCUT2D eigenvalue weighted by molar-refractivity contribution is 6.31. The van der Waals surface area contributed by atoms with E-state index in [-0.39, 0.29) is 5.91 Å². The molecule has 27 heavy (non-hydrogen) atoms. The lowest BCUT2D eigenvalue weighted by Crippen LogP contribution is -2.27. The maximum atomic E-state index is 13.1. The van der Waals surface area contributed by atoms with Gasteiger partial charge in [-0.2, -0.15) is 5.10 Å². The number of nitrogens with zero attached hydrogens (tertiary/aromatic N) is 4. The number of carbonyl (C=O) groups is 1. The average molecular weight is 381 g/mol. The smallest absolute Gasteiger partial charge is 0.257 e. The largest absolute Gasteiger partial charge is 0.337 e. The molecule has 5 nitrogen and oxygen atoms in total. The molecule has 6 heteroatoms. The number of aryl methyl sites for hydroxylation is 1. The minimum atomic E-state index is -0.0230. The lowest BCUT2D eigenvalue weighted by atomic mass is 10.1. The van der Waals surface area contributed by atoms with E-state index in [4.69, 9.17) is 11.6 Å². The number of pyridine rings is 1. The molecular formula is C21H21ClN4O. The number of hydrogen-bond donors (Lipinski definition) is 0. The van der Waals surface area contributed by atoms with E-state index < -0.39 is 0 Å². The van der Waals surface area contributed by atoms with Gasteiger partial charge in [0.05, 0.1) is 23.1 Å². The highest BCUT2D eigenvalue weighted by atomic mass is 35.5. The summed E-state index contributed by atoms with van der Waals surface area (Å²) in [5.74, 6) is 0.350. The van der Waals surface area contributed by atoms with Crippen LogP contribution < -0.4 is 0 Å². The molecule has 0 spiro atoms. The summed E-state index contributed by atoms with van der Waals surface area (Å²) < 4.78 is 1.87. The first kappa shape index (κ1) is 17.7. The van der Waals surface area contributed by atoms with Crippen molar-refractivity contribution in [2.45, 2.75) is 32.2 Å². The van der Waals surface area contributed by atoms with E-state index in [1.165, 1.54) is 0 Å². The van der Waals surface area contributed by atoms with Crippen molar-refractivity contribution in [3.63, 3.8) is 0 Å². The van der Waals surface area contributed by atoms with Crippen LogP contribution in [0.2, 0.25) is 5.02 Å². The molecule has 4 rings (SSSR count). The zero-order valence-corrected chi connectivity index (χ0v) is 16.1. The normalized spacial score (nSPS) is 13.6. The summed E-state index contributed by atoms with van der Waals surface area (Å²) in [7, 11) is 1.81. The van der Waals surface area contributed by atoms with E-state index in [2.05, 4.69) is 10.1 Å². The molecular weight excluding hydrogens is 360 g/mol. The number of halogens is 1. The summed E-state index contributed by atoms with van der Waals surface area (Å²) in [5.41, 5.74) is 4.56. The van der Waals surface area contributed by atoms with Gasteiger partial charge in [-0.1, -0.05) is 23.7 Å². The van der Waals surface area contributed by atoms with Crippen LogP contribution in [0.25, 0.3) is 5.69 Å². The summed E-state index contributed by atoms with van der Waals surface area (Å²) in [6.45, 7) is 2.48. The van der Waals surface area contributed by atoms with Crippen LogP contribution in [0.4, 0.5) is 0 Å². The summed E-state index contributed by atoms with van der Waals surface area (Å²) in [4.78, 5) is 18.9.